The molecule has 1 aliphatic rings. The highest BCUT2D eigenvalue weighted by molar-refractivity contribution is 5.93. The molecule has 1 nitrogen and oxygen atoms in total. The first-order chi connectivity index (χ1) is 9.90. The molecule has 0 fully saturated rings. The van der Waals surface area contributed by atoms with Gasteiger partial charge in [-0.1, -0.05) is 66.8 Å². The minimum atomic E-state index is 0.751. The predicted octanol–water partition coefficient (Wildman–Crippen LogP) is 4.64. The summed E-state index contributed by atoms with van der Waals surface area (Å²) < 4.78 is 5.18. The smallest absolute Gasteiger partial charge is 0.0497 e. The molecule has 3 rings (SSSR count). The van der Waals surface area contributed by atoms with E-state index in [9.17, 15) is 0 Å². The van der Waals surface area contributed by atoms with Crippen molar-refractivity contribution in [2.24, 2.45) is 0 Å². The van der Waals surface area contributed by atoms with Crippen molar-refractivity contribution in [1.82, 2.24) is 0 Å². The molecular formula is C19H18O. The average molecular weight is 262 g/mol. The maximum absolute atomic E-state index is 5.18. The molecule has 0 aromatic heterocycles. The number of hydrogen-bond acceptors (Lipinski definition) is 1. The van der Waals surface area contributed by atoms with Gasteiger partial charge in [0.25, 0.3) is 0 Å². The molecule has 0 unspecified atom stereocenters. The Bertz CT molecular complexity index is 613. The zero-order valence-electron chi connectivity index (χ0n) is 11.7. The molecule has 0 spiro atoms. The van der Waals surface area contributed by atoms with Crippen molar-refractivity contribution < 1.29 is 4.74 Å². The van der Waals surface area contributed by atoms with E-state index in [0.717, 1.165) is 13.0 Å². The van der Waals surface area contributed by atoms with Gasteiger partial charge < -0.3 is 4.74 Å². The number of methoxy groups -OCH3 is 1. The minimum Gasteiger partial charge on any atom is -0.384 e. The van der Waals surface area contributed by atoms with Crippen LogP contribution in [0.1, 0.15) is 28.7 Å². The van der Waals surface area contributed by atoms with Crippen LogP contribution in [0.4, 0.5) is 0 Å². The van der Waals surface area contributed by atoms with Crippen molar-refractivity contribution in [3.05, 3.63) is 76.9 Å². The van der Waals surface area contributed by atoms with Crippen LogP contribution in [0, 0.1) is 0 Å². The lowest BCUT2D eigenvalue weighted by molar-refractivity contribution is 0.204. The van der Waals surface area contributed by atoms with Crippen molar-refractivity contribution >= 4 is 17.7 Å². The monoisotopic (exact) mass is 262 g/mol. The molecule has 0 radical (unpaired) electrons. The van der Waals surface area contributed by atoms with Gasteiger partial charge in [-0.05, 0) is 34.2 Å². The lowest BCUT2D eigenvalue weighted by Crippen LogP contribution is -1.93. The third kappa shape index (κ3) is 2.45. The Hall–Kier alpha value is -2.12. The standard InChI is InChI=1S/C19H18O/c1-20-14-6-11-19-17-9-4-2-7-15(17)12-13-16-8-3-5-10-18(16)19/h2-5,7-13H,6,14H2,1H3. The first kappa shape index (κ1) is 12.9. The fourth-order valence-electron chi connectivity index (χ4n) is 2.64. The Labute approximate surface area is 120 Å². The van der Waals surface area contributed by atoms with E-state index in [2.05, 4.69) is 66.8 Å². The number of benzene rings is 2. The molecule has 0 saturated carbocycles. The average Bonchev–Trinajstić information content (AvgIpc) is 2.66. The van der Waals surface area contributed by atoms with Gasteiger partial charge in [0, 0.05) is 13.7 Å². The fraction of sp³-hybridized carbons (Fsp3) is 0.158. The number of fused-ring (bicyclic) bond motifs is 2. The summed E-state index contributed by atoms with van der Waals surface area (Å²) >= 11 is 0. The van der Waals surface area contributed by atoms with Gasteiger partial charge in [0.1, 0.15) is 0 Å². The highest BCUT2D eigenvalue weighted by atomic mass is 16.5. The summed E-state index contributed by atoms with van der Waals surface area (Å²) in [6, 6.07) is 17.1. The molecule has 0 heterocycles. The number of hydrogen-bond donors (Lipinski definition) is 0. The largest absolute Gasteiger partial charge is 0.384 e. The first-order valence-corrected chi connectivity index (χ1v) is 6.96. The lowest BCUT2D eigenvalue weighted by Gasteiger charge is -2.12. The Morgan fingerprint density at radius 1 is 0.850 bits per heavy atom. The summed E-state index contributed by atoms with van der Waals surface area (Å²) in [5.41, 5.74) is 6.44. The maximum atomic E-state index is 5.18. The highest BCUT2D eigenvalue weighted by Crippen LogP contribution is 2.33. The summed E-state index contributed by atoms with van der Waals surface area (Å²) in [4.78, 5) is 0. The van der Waals surface area contributed by atoms with Crippen molar-refractivity contribution in [3.8, 4) is 0 Å². The van der Waals surface area contributed by atoms with Gasteiger partial charge in [-0.25, -0.2) is 0 Å². The molecule has 0 aliphatic heterocycles. The van der Waals surface area contributed by atoms with E-state index in [1.54, 1.807) is 7.11 Å². The third-order valence-electron chi connectivity index (χ3n) is 3.61. The van der Waals surface area contributed by atoms with Gasteiger partial charge in [-0.15, -0.1) is 0 Å². The zero-order chi connectivity index (χ0) is 13.8. The van der Waals surface area contributed by atoms with Crippen LogP contribution < -0.4 is 0 Å². The summed E-state index contributed by atoms with van der Waals surface area (Å²) in [5.74, 6) is 0. The predicted molar refractivity (Wildman–Crippen MR) is 85.4 cm³/mol. The van der Waals surface area contributed by atoms with Crippen LogP contribution in [-0.2, 0) is 4.74 Å². The van der Waals surface area contributed by atoms with Crippen LogP contribution >= 0.6 is 0 Å². The van der Waals surface area contributed by atoms with Crippen LogP contribution in [0.5, 0.6) is 0 Å². The number of rotatable bonds is 3. The van der Waals surface area contributed by atoms with Crippen LogP contribution in [0.2, 0.25) is 0 Å². The molecule has 1 aliphatic carbocycles. The molecule has 0 bridgehead atoms. The first-order valence-electron chi connectivity index (χ1n) is 6.96. The van der Waals surface area contributed by atoms with Crippen molar-refractivity contribution in [3.63, 3.8) is 0 Å². The maximum Gasteiger partial charge on any atom is 0.0497 e. The molecule has 2 aromatic rings. The van der Waals surface area contributed by atoms with E-state index < -0.39 is 0 Å². The van der Waals surface area contributed by atoms with Gasteiger partial charge in [-0.2, -0.15) is 0 Å². The normalized spacial score (nSPS) is 12.6. The molecule has 0 saturated heterocycles. The van der Waals surface area contributed by atoms with Crippen LogP contribution in [-0.4, -0.2) is 13.7 Å². The van der Waals surface area contributed by atoms with Crippen molar-refractivity contribution in [1.29, 1.82) is 0 Å². The number of ether oxygens (including phenoxy) is 1. The van der Waals surface area contributed by atoms with E-state index in [4.69, 9.17) is 4.74 Å². The van der Waals surface area contributed by atoms with Crippen molar-refractivity contribution in [2.75, 3.05) is 13.7 Å². The van der Waals surface area contributed by atoms with Gasteiger partial charge in [0.15, 0.2) is 0 Å². The molecule has 0 atom stereocenters. The summed E-state index contributed by atoms with van der Waals surface area (Å²) in [6.07, 6.45) is 7.61. The van der Waals surface area contributed by atoms with Gasteiger partial charge >= 0.3 is 0 Å². The topological polar surface area (TPSA) is 9.23 Å². The summed E-state index contributed by atoms with van der Waals surface area (Å²) in [6.45, 7) is 0.751. The molecule has 100 valence electrons. The fourth-order valence-corrected chi connectivity index (χ4v) is 2.64. The van der Waals surface area contributed by atoms with Gasteiger partial charge in [0.2, 0.25) is 0 Å². The molecule has 2 aromatic carbocycles. The van der Waals surface area contributed by atoms with Crippen LogP contribution in [0.3, 0.4) is 0 Å². The molecule has 0 N–H and O–H groups in total. The molecule has 0 amide bonds. The van der Waals surface area contributed by atoms with E-state index >= 15 is 0 Å². The van der Waals surface area contributed by atoms with Crippen LogP contribution in [0.25, 0.3) is 17.7 Å². The van der Waals surface area contributed by atoms with E-state index in [1.165, 1.54) is 27.8 Å². The minimum absolute atomic E-state index is 0.751. The Kier molecular flexibility index (Phi) is 3.80. The quantitative estimate of drug-likeness (QED) is 0.625. The molecule has 20 heavy (non-hydrogen) atoms. The zero-order valence-corrected chi connectivity index (χ0v) is 11.7. The second-order valence-electron chi connectivity index (χ2n) is 4.91. The highest BCUT2D eigenvalue weighted by Gasteiger charge is 2.13. The summed E-state index contributed by atoms with van der Waals surface area (Å²) in [7, 11) is 1.75. The second-order valence-corrected chi connectivity index (χ2v) is 4.91. The third-order valence-corrected chi connectivity index (χ3v) is 3.61. The van der Waals surface area contributed by atoms with Gasteiger partial charge in [-0.3, -0.25) is 0 Å². The van der Waals surface area contributed by atoms with E-state index in [-0.39, 0.29) is 0 Å². The Morgan fingerprint density at radius 2 is 1.40 bits per heavy atom. The Balaban J connectivity index is 2.15. The van der Waals surface area contributed by atoms with E-state index in [1.807, 2.05) is 0 Å². The summed E-state index contributed by atoms with van der Waals surface area (Å²) in [5, 5.41) is 0. The molecule has 1 heteroatoms. The molecular weight excluding hydrogens is 244 g/mol. The van der Waals surface area contributed by atoms with Gasteiger partial charge in [0.05, 0.1) is 0 Å². The van der Waals surface area contributed by atoms with Crippen molar-refractivity contribution in [2.45, 2.75) is 6.42 Å². The lowest BCUT2D eigenvalue weighted by atomic mass is 9.93. The van der Waals surface area contributed by atoms with Crippen LogP contribution in [0.15, 0.2) is 54.6 Å². The second kappa shape index (κ2) is 5.89. The SMILES string of the molecule is COCCC=C1c2ccccc2C=Cc2ccccc21. The Morgan fingerprint density at radius 3 is 1.95 bits per heavy atom. The van der Waals surface area contributed by atoms with E-state index in [0.29, 0.717) is 0 Å².